The summed E-state index contributed by atoms with van der Waals surface area (Å²) in [4.78, 5) is 11.5. The van der Waals surface area contributed by atoms with Gasteiger partial charge in [-0.25, -0.2) is 0 Å². The Hall–Kier alpha value is -1.51. The van der Waals surface area contributed by atoms with Gasteiger partial charge >= 0.3 is 0 Å². The van der Waals surface area contributed by atoms with E-state index < -0.39 is 5.54 Å². The lowest BCUT2D eigenvalue weighted by molar-refractivity contribution is -0.126. The molecule has 0 aliphatic heterocycles. The molecular formula is C13H18N2O. The lowest BCUT2D eigenvalue weighted by Gasteiger charge is -2.45. The first kappa shape index (κ1) is 11.0. The summed E-state index contributed by atoms with van der Waals surface area (Å²) >= 11 is 0. The van der Waals surface area contributed by atoms with Gasteiger partial charge in [0.1, 0.15) is 5.54 Å². The molecule has 0 bridgehead atoms. The van der Waals surface area contributed by atoms with Crippen LogP contribution in [0.15, 0.2) is 24.3 Å². The second kappa shape index (κ2) is 3.81. The Morgan fingerprint density at radius 2 is 1.94 bits per heavy atom. The van der Waals surface area contributed by atoms with Crippen molar-refractivity contribution in [3.8, 4) is 0 Å². The molecule has 1 aliphatic carbocycles. The number of nitrogens with two attached hydrogens (primary N) is 1. The zero-order valence-electron chi connectivity index (χ0n) is 9.79. The highest BCUT2D eigenvalue weighted by molar-refractivity contribution is 5.89. The van der Waals surface area contributed by atoms with Gasteiger partial charge in [0.2, 0.25) is 5.91 Å². The quantitative estimate of drug-likeness (QED) is 0.816. The van der Waals surface area contributed by atoms with Crippen LogP contribution in [0.5, 0.6) is 0 Å². The fraction of sp³-hybridized carbons (Fsp3) is 0.462. The van der Waals surface area contributed by atoms with Crippen molar-refractivity contribution in [2.45, 2.75) is 32.2 Å². The van der Waals surface area contributed by atoms with Crippen molar-refractivity contribution in [1.29, 1.82) is 0 Å². The monoisotopic (exact) mass is 218 g/mol. The molecule has 2 rings (SSSR count). The normalized spacial score (nSPS) is 28.2. The van der Waals surface area contributed by atoms with Gasteiger partial charge in [0.05, 0.1) is 0 Å². The summed E-state index contributed by atoms with van der Waals surface area (Å²) in [7, 11) is 0. The van der Waals surface area contributed by atoms with Gasteiger partial charge < -0.3 is 11.1 Å². The molecule has 0 radical (unpaired) electrons. The van der Waals surface area contributed by atoms with Crippen LogP contribution in [0.1, 0.15) is 25.3 Å². The Kier molecular flexibility index (Phi) is 2.62. The van der Waals surface area contributed by atoms with Gasteiger partial charge in [0.25, 0.3) is 0 Å². The first-order chi connectivity index (χ1) is 7.52. The fourth-order valence-corrected chi connectivity index (χ4v) is 2.41. The van der Waals surface area contributed by atoms with E-state index >= 15 is 0 Å². The van der Waals surface area contributed by atoms with E-state index in [1.165, 1.54) is 5.56 Å². The minimum atomic E-state index is -0.519. The first-order valence-corrected chi connectivity index (χ1v) is 5.67. The van der Waals surface area contributed by atoms with E-state index in [1.54, 1.807) is 0 Å². The summed E-state index contributed by atoms with van der Waals surface area (Å²) in [5.74, 6) is 0.330. The number of hydrogen-bond acceptors (Lipinski definition) is 2. The number of primary amides is 1. The summed E-state index contributed by atoms with van der Waals surface area (Å²) in [6.45, 7) is 4.18. The van der Waals surface area contributed by atoms with Gasteiger partial charge in [-0.15, -0.1) is 0 Å². The Balaban J connectivity index is 2.13. The third-order valence-corrected chi connectivity index (χ3v) is 3.30. The van der Waals surface area contributed by atoms with Crippen LogP contribution in [-0.4, -0.2) is 11.4 Å². The van der Waals surface area contributed by atoms with Crippen LogP contribution in [0.25, 0.3) is 0 Å². The van der Waals surface area contributed by atoms with Crippen molar-refractivity contribution in [3.63, 3.8) is 0 Å². The third kappa shape index (κ3) is 1.90. The highest BCUT2D eigenvalue weighted by Crippen LogP contribution is 2.39. The molecule has 1 fully saturated rings. The molecule has 1 saturated carbocycles. The number of rotatable bonds is 3. The average Bonchev–Trinajstić information content (AvgIpc) is 2.18. The van der Waals surface area contributed by atoms with Gasteiger partial charge in [-0.2, -0.15) is 0 Å². The molecule has 3 N–H and O–H groups in total. The molecule has 1 amide bonds. The van der Waals surface area contributed by atoms with Crippen LogP contribution >= 0.6 is 0 Å². The molecule has 0 unspecified atom stereocenters. The molecule has 1 aromatic rings. The minimum absolute atomic E-state index is 0.244. The third-order valence-electron chi connectivity index (χ3n) is 3.30. The van der Waals surface area contributed by atoms with E-state index in [2.05, 4.69) is 12.2 Å². The van der Waals surface area contributed by atoms with Gasteiger partial charge in [-0.3, -0.25) is 4.79 Å². The molecule has 3 nitrogen and oxygen atoms in total. The molecule has 1 aromatic carbocycles. The van der Waals surface area contributed by atoms with Crippen LogP contribution in [-0.2, 0) is 4.79 Å². The number of benzene rings is 1. The zero-order valence-corrected chi connectivity index (χ0v) is 9.79. The van der Waals surface area contributed by atoms with Crippen LogP contribution in [0.3, 0.4) is 0 Å². The van der Waals surface area contributed by atoms with E-state index in [1.807, 2.05) is 31.2 Å². The predicted octanol–water partition coefficient (Wildman–Crippen LogP) is 2.06. The Labute approximate surface area is 96.0 Å². The van der Waals surface area contributed by atoms with Crippen molar-refractivity contribution in [2.24, 2.45) is 11.7 Å². The van der Waals surface area contributed by atoms with Crippen molar-refractivity contribution >= 4 is 11.6 Å². The number of hydrogen-bond donors (Lipinski definition) is 2. The molecule has 16 heavy (non-hydrogen) atoms. The van der Waals surface area contributed by atoms with E-state index in [-0.39, 0.29) is 5.91 Å². The first-order valence-electron chi connectivity index (χ1n) is 5.67. The second-order valence-electron chi connectivity index (χ2n) is 4.95. The highest BCUT2D eigenvalue weighted by atomic mass is 16.1. The second-order valence-corrected chi connectivity index (χ2v) is 4.95. The van der Waals surface area contributed by atoms with Crippen molar-refractivity contribution < 1.29 is 4.79 Å². The number of aryl methyl sites for hydroxylation is 1. The minimum Gasteiger partial charge on any atom is -0.371 e. The van der Waals surface area contributed by atoms with Gasteiger partial charge in [0.15, 0.2) is 0 Å². The smallest absolute Gasteiger partial charge is 0.243 e. The number of anilines is 1. The molecule has 0 aromatic heterocycles. The average molecular weight is 218 g/mol. The number of carbonyl (C=O) groups excluding carboxylic acids is 1. The SMILES string of the molecule is Cc1ccc(NC2(C(N)=O)CC(C)C2)cc1. The maximum atomic E-state index is 11.5. The van der Waals surface area contributed by atoms with Crippen LogP contribution < -0.4 is 11.1 Å². The van der Waals surface area contributed by atoms with Crippen molar-refractivity contribution in [2.75, 3.05) is 5.32 Å². The zero-order chi connectivity index (χ0) is 11.8. The van der Waals surface area contributed by atoms with Crippen molar-refractivity contribution in [3.05, 3.63) is 29.8 Å². The van der Waals surface area contributed by atoms with Crippen LogP contribution in [0, 0.1) is 12.8 Å². The number of amides is 1. The molecule has 0 heterocycles. The van der Waals surface area contributed by atoms with Crippen LogP contribution in [0.4, 0.5) is 5.69 Å². The summed E-state index contributed by atoms with van der Waals surface area (Å²) in [6.07, 6.45) is 1.66. The largest absolute Gasteiger partial charge is 0.371 e. The topological polar surface area (TPSA) is 55.1 Å². The number of nitrogens with one attached hydrogen (secondary N) is 1. The molecule has 0 atom stereocenters. The molecule has 1 aliphatic rings. The fourth-order valence-electron chi connectivity index (χ4n) is 2.41. The Morgan fingerprint density at radius 1 is 1.38 bits per heavy atom. The van der Waals surface area contributed by atoms with E-state index in [4.69, 9.17) is 5.73 Å². The maximum Gasteiger partial charge on any atom is 0.243 e. The predicted molar refractivity (Wildman–Crippen MR) is 65.1 cm³/mol. The molecule has 86 valence electrons. The van der Waals surface area contributed by atoms with Gasteiger partial charge in [-0.1, -0.05) is 24.6 Å². The molecular weight excluding hydrogens is 200 g/mol. The van der Waals surface area contributed by atoms with E-state index in [0.29, 0.717) is 5.92 Å². The summed E-state index contributed by atoms with van der Waals surface area (Å²) in [5.41, 5.74) is 7.13. The molecule has 0 spiro atoms. The van der Waals surface area contributed by atoms with E-state index in [0.717, 1.165) is 18.5 Å². The van der Waals surface area contributed by atoms with Crippen molar-refractivity contribution in [1.82, 2.24) is 0 Å². The highest BCUT2D eigenvalue weighted by Gasteiger charge is 2.47. The van der Waals surface area contributed by atoms with Gasteiger partial charge in [0, 0.05) is 5.69 Å². The summed E-state index contributed by atoms with van der Waals surface area (Å²) < 4.78 is 0. The molecule has 0 saturated heterocycles. The Morgan fingerprint density at radius 3 is 2.38 bits per heavy atom. The maximum absolute atomic E-state index is 11.5. The lowest BCUT2D eigenvalue weighted by Crippen LogP contribution is -2.58. The van der Waals surface area contributed by atoms with E-state index in [9.17, 15) is 4.79 Å². The van der Waals surface area contributed by atoms with Crippen LogP contribution in [0.2, 0.25) is 0 Å². The van der Waals surface area contributed by atoms with Gasteiger partial charge in [-0.05, 0) is 37.8 Å². The number of carbonyl (C=O) groups is 1. The Bertz CT molecular complexity index is 391. The summed E-state index contributed by atoms with van der Waals surface area (Å²) in [6, 6.07) is 8.03. The lowest BCUT2D eigenvalue weighted by atomic mass is 9.68. The summed E-state index contributed by atoms with van der Waals surface area (Å²) in [5, 5.41) is 3.27. The standard InChI is InChI=1S/C13H18N2O/c1-9-3-5-11(6-4-9)15-13(12(14)16)7-10(2)8-13/h3-6,10,15H,7-8H2,1-2H3,(H2,14,16). The molecule has 3 heteroatoms.